The van der Waals surface area contributed by atoms with Crippen molar-refractivity contribution < 1.29 is 4.70 Å². The van der Waals surface area contributed by atoms with Crippen molar-refractivity contribution in [2.75, 3.05) is 0 Å². The van der Waals surface area contributed by atoms with Crippen LogP contribution in [0, 0.1) is 0 Å². The molecule has 2 radical (unpaired) electrons. The van der Waals surface area contributed by atoms with Gasteiger partial charge in [0.25, 0.3) is 0 Å². The van der Waals surface area contributed by atoms with Gasteiger partial charge in [-0.05, 0) is 0 Å². The summed E-state index contributed by atoms with van der Waals surface area (Å²) in [6.45, 7) is 0. The molecule has 0 heterocycles. The number of hydrogen-bond acceptors (Lipinski definition) is 0. The van der Waals surface area contributed by atoms with Crippen LogP contribution in [-0.2, 0) is 0 Å². The first-order valence-electron chi connectivity index (χ1n) is 0.378. The first-order chi connectivity index (χ1) is 1.41. The topological polar surface area (TPSA) is 0 Å². The third kappa shape index (κ3) is 9.90. The van der Waals surface area contributed by atoms with Crippen LogP contribution in [0.1, 0.15) is 0 Å². The van der Waals surface area contributed by atoms with E-state index in [1.54, 1.807) is 0 Å². The second kappa shape index (κ2) is 8.83. The fourth-order valence-electron chi connectivity index (χ4n) is 0. The molecule has 0 atom stereocenters. The van der Waals surface area contributed by atoms with Crippen LogP contribution in [0.2, 0.25) is 0 Å². The van der Waals surface area contributed by atoms with Gasteiger partial charge in [0.1, 0.15) is 0 Å². The summed E-state index contributed by atoms with van der Waals surface area (Å²) in [6, 6.07) is 0. The quantitative estimate of drug-likeness (QED) is 0.589. The molecule has 0 bridgehead atoms. The molecule has 0 spiro atoms. The molecule has 0 aromatic carbocycles. The molecule has 0 fully saturated rings. The van der Waals surface area contributed by atoms with E-state index < -0.39 is 21.8 Å². The molecule has 0 saturated heterocycles. The maximum absolute atomic E-state index is 4.96. The summed E-state index contributed by atoms with van der Waals surface area (Å²) < 4.78 is 0. The summed E-state index contributed by atoms with van der Waals surface area (Å²) in [6.07, 6.45) is 0. The summed E-state index contributed by atoms with van der Waals surface area (Å²) in [5.41, 5.74) is 0. The van der Waals surface area contributed by atoms with Gasteiger partial charge in [0, 0.05) is 0 Å². The van der Waals surface area contributed by atoms with Gasteiger partial charge in [-0.15, -0.1) is 0 Å². The molecule has 4 heteroatoms. The Kier molecular flexibility index (Phi) is 20.0. The van der Waals surface area contributed by atoms with Gasteiger partial charge in [0.05, 0.1) is 0 Å². The molecule has 0 N–H and O–H groups in total. The SMILES string of the molecule is F.[Cl][Pb][Cl]. The second-order valence-corrected chi connectivity index (χ2v) is 5.64. The molecular formula is HCl2FPb. The average molecular weight is 298 g/mol. The van der Waals surface area contributed by atoms with Crippen LogP contribution in [-0.4, -0.2) is 21.8 Å². The monoisotopic (exact) mass is 298 g/mol. The van der Waals surface area contributed by atoms with Crippen molar-refractivity contribution in [1.82, 2.24) is 0 Å². The third-order valence-electron chi connectivity index (χ3n) is 0. The standard InChI is InChI=1S/2ClH.FH.Pb/h3*1H;/q;;;+2/p-2. The van der Waals surface area contributed by atoms with Gasteiger partial charge < -0.3 is 0 Å². The van der Waals surface area contributed by atoms with Crippen molar-refractivity contribution >= 4 is 38.4 Å². The Labute approximate surface area is 43.0 Å². The average Bonchev–Trinajstić information content (AvgIpc) is 0.918. The van der Waals surface area contributed by atoms with Crippen molar-refractivity contribution in [1.29, 1.82) is 0 Å². The Morgan fingerprint density at radius 2 is 1.25 bits per heavy atom. The Balaban J connectivity index is 0. The molecule has 4 heavy (non-hydrogen) atoms. The maximum atomic E-state index is 4.96. The van der Waals surface area contributed by atoms with E-state index in [4.69, 9.17) is 16.6 Å². The molecule has 0 unspecified atom stereocenters. The Bertz CT molecular complexity index is 6.00. The van der Waals surface area contributed by atoms with E-state index in [0.717, 1.165) is 0 Å². The number of hydrogen-bond donors (Lipinski definition) is 0. The van der Waals surface area contributed by atoms with Gasteiger partial charge in [-0.25, -0.2) is 0 Å². The van der Waals surface area contributed by atoms with Crippen LogP contribution in [0.25, 0.3) is 0 Å². The van der Waals surface area contributed by atoms with Crippen molar-refractivity contribution in [3.05, 3.63) is 0 Å². The molecule has 0 saturated carbocycles. The van der Waals surface area contributed by atoms with Gasteiger partial charge in [-0.2, -0.15) is 0 Å². The van der Waals surface area contributed by atoms with Gasteiger partial charge in [-0.3, -0.25) is 4.70 Å². The van der Waals surface area contributed by atoms with Gasteiger partial charge in [-0.1, -0.05) is 0 Å². The summed E-state index contributed by atoms with van der Waals surface area (Å²) in [5, 5.41) is 0. The number of halogens is 3. The Hall–Kier alpha value is 1.43. The minimum atomic E-state index is -0.972. The first kappa shape index (κ1) is 9.06. The van der Waals surface area contributed by atoms with Crippen molar-refractivity contribution in [3.8, 4) is 0 Å². The summed E-state index contributed by atoms with van der Waals surface area (Å²) >= 11 is -0.972. The fourth-order valence-corrected chi connectivity index (χ4v) is 0. The first-order valence-corrected chi connectivity index (χ1v) is 9.95. The van der Waals surface area contributed by atoms with Crippen LogP contribution < -0.4 is 0 Å². The molecule has 26 valence electrons. The van der Waals surface area contributed by atoms with Crippen LogP contribution in [0.15, 0.2) is 0 Å². The third-order valence-corrected chi connectivity index (χ3v) is 0. The molecule has 0 aliphatic carbocycles. The number of rotatable bonds is 0. The van der Waals surface area contributed by atoms with Crippen molar-refractivity contribution in [2.45, 2.75) is 0 Å². The predicted molar refractivity (Wildman–Crippen MR) is 20.0 cm³/mol. The molecule has 0 nitrogen and oxygen atoms in total. The van der Waals surface area contributed by atoms with E-state index >= 15 is 0 Å². The molecule has 0 aromatic rings. The van der Waals surface area contributed by atoms with Crippen LogP contribution in [0.5, 0.6) is 0 Å². The Morgan fingerprint density at radius 1 is 1.25 bits per heavy atom. The minimum absolute atomic E-state index is 0. The predicted octanol–water partition coefficient (Wildman–Crippen LogP) is 1.15. The van der Waals surface area contributed by atoms with Gasteiger partial charge in [0.15, 0.2) is 0 Å². The molecule has 0 rings (SSSR count). The van der Waals surface area contributed by atoms with Crippen LogP contribution in [0.4, 0.5) is 4.70 Å². The summed E-state index contributed by atoms with van der Waals surface area (Å²) in [5.74, 6) is 0. The van der Waals surface area contributed by atoms with Crippen molar-refractivity contribution in [2.24, 2.45) is 0 Å². The van der Waals surface area contributed by atoms with E-state index in [2.05, 4.69) is 0 Å². The Morgan fingerprint density at radius 3 is 1.25 bits per heavy atom. The zero-order valence-corrected chi connectivity index (χ0v) is 7.06. The molecular weight excluding hydrogens is 297 g/mol. The summed E-state index contributed by atoms with van der Waals surface area (Å²) in [4.78, 5) is 0. The van der Waals surface area contributed by atoms with Crippen LogP contribution in [0.3, 0.4) is 0 Å². The second-order valence-electron chi connectivity index (χ2n) is 0.0714. The zero-order valence-electron chi connectivity index (χ0n) is 1.66. The summed E-state index contributed by atoms with van der Waals surface area (Å²) in [7, 11) is 9.92. The molecule has 0 aromatic heterocycles. The zero-order chi connectivity index (χ0) is 2.71. The van der Waals surface area contributed by atoms with Gasteiger partial charge in [0.2, 0.25) is 0 Å². The van der Waals surface area contributed by atoms with E-state index in [9.17, 15) is 0 Å². The molecule has 0 aliphatic rings. The van der Waals surface area contributed by atoms with Crippen LogP contribution >= 0.6 is 16.6 Å². The van der Waals surface area contributed by atoms with E-state index in [1.807, 2.05) is 0 Å². The van der Waals surface area contributed by atoms with Gasteiger partial charge >= 0.3 is 38.4 Å². The van der Waals surface area contributed by atoms with E-state index in [0.29, 0.717) is 0 Å². The van der Waals surface area contributed by atoms with Crippen molar-refractivity contribution in [3.63, 3.8) is 0 Å². The molecule has 0 amide bonds. The fraction of sp³-hybridized carbons (Fsp3) is 0. The van der Waals surface area contributed by atoms with E-state index in [-0.39, 0.29) is 4.70 Å². The van der Waals surface area contributed by atoms with E-state index in [1.165, 1.54) is 0 Å². The molecule has 0 aliphatic heterocycles. The normalized spacial score (nSPS) is 4.50.